The normalized spacial score (nSPS) is 22.8. The Kier molecular flexibility index (Phi) is 2.34. The fourth-order valence-electron chi connectivity index (χ4n) is 2.15. The summed E-state index contributed by atoms with van der Waals surface area (Å²) in [5.41, 5.74) is 8.13. The Morgan fingerprint density at radius 3 is 3.00 bits per heavy atom. The van der Waals surface area contributed by atoms with Gasteiger partial charge in [0.15, 0.2) is 0 Å². The van der Waals surface area contributed by atoms with Crippen molar-refractivity contribution < 1.29 is 5.11 Å². The van der Waals surface area contributed by atoms with Gasteiger partial charge in [-0.1, -0.05) is 24.3 Å². The van der Waals surface area contributed by atoms with Gasteiger partial charge < -0.3 is 10.8 Å². The first-order valence-electron chi connectivity index (χ1n) is 4.79. The molecule has 1 aliphatic carbocycles. The maximum Gasteiger partial charge on any atom is 0.0731 e. The molecular formula is C11H15NO. The maximum absolute atomic E-state index is 9.68. The van der Waals surface area contributed by atoms with E-state index in [-0.39, 0.29) is 12.0 Å². The molecular weight excluding hydrogens is 162 g/mol. The standard InChI is InChI=1S/C11H15NO/c12-7-11(13)10-6-5-8-3-1-2-4-9(8)10/h1-4,10-11,13H,5-7,12H2/t10?,11-/m0/s1. The van der Waals surface area contributed by atoms with E-state index in [1.165, 1.54) is 11.1 Å². The van der Waals surface area contributed by atoms with Gasteiger partial charge in [0.1, 0.15) is 0 Å². The van der Waals surface area contributed by atoms with Crippen molar-refractivity contribution >= 4 is 0 Å². The minimum Gasteiger partial charge on any atom is -0.391 e. The predicted molar refractivity (Wildman–Crippen MR) is 52.6 cm³/mol. The molecule has 0 aliphatic heterocycles. The summed E-state index contributed by atoms with van der Waals surface area (Å²) in [6.07, 6.45) is 1.75. The zero-order valence-corrected chi connectivity index (χ0v) is 7.61. The molecule has 0 saturated carbocycles. The molecule has 0 spiro atoms. The summed E-state index contributed by atoms with van der Waals surface area (Å²) in [5, 5.41) is 9.68. The number of fused-ring (bicyclic) bond motifs is 1. The highest BCUT2D eigenvalue weighted by atomic mass is 16.3. The lowest BCUT2D eigenvalue weighted by Crippen LogP contribution is -2.25. The zero-order chi connectivity index (χ0) is 9.26. The van der Waals surface area contributed by atoms with Crippen LogP contribution >= 0.6 is 0 Å². The lowest BCUT2D eigenvalue weighted by molar-refractivity contribution is 0.151. The summed E-state index contributed by atoms with van der Waals surface area (Å²) in [7, 11) is 0. The van der Waals surface area contributed by atoms with Crippen LogP contribution in [0.15, 0.2) is 24.3 Å². The molecule has 0 amide bonds. The van der Waals surface area contributed by atoms with Gasteiger partial charge in [0.05, 0.1) is 6.10 Å². The van der Waals surface area contributed by atoms with Gasteiger partial charge >= 0.3 is 0 Å². The van der Waals surface area contributed by atoms with Crippen molar-refractivity contribution in [2.24, 2.45) is 5.73 Å². The Morgan fingerprint density at radius 2 is 2.23 bits per heavy atom. The predicted octanol–water partition coefficient (Wildman–Crippen LogP) is 1.04. The van der Waals surface area contributed by atoms with Crippen LogP contribution in [-0.2, 0) is 6.42 Å². The zero-order valence-electron chi connectivity index (χ0n) is 7.61. The summed E-state index contributed by atoms with van der Waals surface area (Å²) in [5.74, 6) is 0.265. The largest absolute Gasteiger partial charge is 0.391 e. The van der Waals surface area contributed by atoms with Gasteiger partial charge in [0.25, 0.3) is 0 Å². The Balaban J connectivity index is 2.28. The number of benzene rings is 1. The van der Waals surface area contributed by atoms with Crippen LogP contribution in [0, 0.1) is 0 Å². The van der Waals surface area contributed by atoms with Gasteiger partial charge in [-0.3, -0.25) is 0 Å². The highest BCUT2D eigenvalue weighted by Gasteiger charge is 2.26. The molecule has 0 bridgehead atoms. The number of hydrogen-bond acceptors (Lipinski definition) is 2. The van der Waals surface area contributed by atoms with Crippen molar-refractivity contribution in [2.45, 2.75) is 24.9 Å². The van der Waals surface area contributed by atoms with Crippen LogP contribution in [0.3, 0.4) is 0 Å². The summed E-state index contributed by atoms with van der Waals surface area (Å²) < 4.78 is 0. The molecule has 2 heteroatoms. The van der Waals surface area contributed by atoms with Crippen molar-refractivity contribution in [3.8, 4) is 0 Å². The van der Waals surface area contributed by atoms with Crippen LogP contribution in [0.5, 0.6) is 0 Å². The fourth-order valence-corrected chi connectivity index (χ4v) is 2.15. The number of hydrogen-bond donors (Lipinski definition) is 2. The fraction of sp³-hybridized carbons (Fsp3) is 0.455. The summed E-state index contributed by atoms with van der Waals surface area (Å²) >= 11 is 0. The minimum atomic E-state index is -0.372. The van der Waals surface area contributed by atoms with Gasteiger partial charge in [-0.25, -0.2) is 0 Å². The first-order valence-corrected chi connectivity index (χ1v) is 4.79. The molecule has 0 heterocycles. The molecule has 0 fully saturated rings. The van der Waals surface area contributed by atoms with Crippen LogP contribution in [0.25, 0.3) is 0 Å². The van der Waals surface area contributed by atoms with Crippen molar-refractivity contribution in [1.29, 1.82) is 0 Å². The Morgan fingerprint density at radius 1 is 1.46 bits per heavy atom. The van der Waals surface area contributed by atoms with Crippen LogP contribution < -0.4 is 5.73 Å². The van der Waals surface area contributed by atoms with Gasteiger partial charge in [-0.2, -0.15) is 0 Å². The molecule has 3 N–H and O–H groups in total. The van der Waals surface area contributed by atoms with Gasteiger partial charge in [0, 0.05) is 12.5 Å². The van der Waals surface area contributed by atoms with E-state index in [0.29, 0.717) is 6.54 Å². The summed E-state index contributed by atoms with van der Waals surface area (Å²) in [6.45, 7) is 0.360. The Hall–Kier alpha value is -0.860. The second-order valence-electron chi connectivity index (χ2n) is 3.65. The van der Waals surface area contributed by atoms with E-state index in [0.717, 1.165) is 12.8 Å². The van der Waals surface area contributed by atoms with Gasteiger partial charge in [0.2, 0.25) is 0 Å². The van der Waals surface area contributed by atoms with Crippen LogP contribution in [0.4, 0.5) is 0 Å². The van der Waals surface area contributed by atoms with E-state index < -0.39 is 0 Å². The van der Waals surface area contributed by atoms with E-state index in [2.05, 4.69) is 18.2 Å². The summed E-state index contributed by atoms with van der Waals surface area (Å²) in [6, 6.07) is 8.32. The second-order valence-corrected chi connectivity index (χ2v) is 3.65. The van der Waals surface area contributed by atoms with E-state index in [1.54, 1.807) is 0 Å². The molecule has 1 unspecified atom stereocenters. The lowest BCUT2D eigenvalue weighted by atomic mass is 9.95. The molecule has 2 atom stereocenters. The number of aryl methyl sites for hydroxylation is 1. The third kappa shape index (κ3) is 1.47. The van der Waals surface area contributed by atoms with E-state index in [4.69, 9.17) is 5.73 Å². The molecule has 70 valence electrons. The third-order valence-corrected chi connectivity index (χ3v) is 2.89. The number of rotatable bonds is 2. The van der Waals surface area contributed by atoms with E-state index in [1.807, 2.05) is 6.07 Å². The molecule has 0 radical (unpaired) electrons. The SMILES string of the molecule is NC[C@H](O)C1CCc2ccccc21. The molecule has 13 heavy (non-hydrogen) atoms. The third-order valence-electron chi connectivity index (χ3n) is 2.89. The molecule has 1 aliphatic rings. The maximum atomic E-state index is 9.68. The van der Waals surface area contributed by atoms with Gasteiger partial charge in [-0.15, -0.1) is 0 Å². The molecule has 1 aromatic rings. The number of aliphatic hydroxyl groups is 1. The Bertz CT molecular complexity index is 298. The molecule has 2 nitrogen and oxygen atoms in total. The van der Waals surface area contributed by atoms with E-state index >= 15 is 0 Å². The first kappa shape index (κ1) is 8.73. The smallest absolute Gasteiger partial charge is 0.0731 e. The Labute approximate surface area is 78.4 Å². The van der Waals surface area contributed by atoms with Crippen molar-refractivity contribution in [3.63, 3.8) is 0 Å². The van der Waals surface area contributed by atoms with Crippen LogP contribution in [0.1, 0.15) is 23.5 Å². The van der Waals surface area contributed by atoms with Crippen molar-refractivity contribution in [2.75, 3.05) is 6.54 Å². The lowest BCUT2D eigenvalue weighted by Gasteiger charge is -2.16. The molecule has 1 aromatic carbocycles. The highest BCUT2D eigenvalue weighted by Crippen LogP contribution is 2.34. The average molecular weight is 177 g/mol. The molecule has 0 aromatic heterocycles. The average Bonchev–Trinajstić information content (AvgIpc) is 2.60. The minimum absolute atomic E-state index is 0.265. The number of aliphatic hydroxyl groups excluding tert-OH is 1. The van der Waals surface area contributed by atoms with Crippen molar-refractivity contribution in [3.05, 3.63) is 35.4 Å². The monoisotopic (exact) mass is 177 g/mol. The highest BCUT2D eigenvalue weighted by molar-refractivity contribution is 5.35. The van der Waals surface area contributed by atoms with Gasteiger partial charge in [-0.05, 0) is 24.0 Å². The van der Waals surface area contributed by atoms with Crippen LogP contribution in [-0.4, -0.2) is 17.8 Å². The summed E-state index contributed by atoms with van der Waals surface area (Å²) in [4.78, 5) is 0. The topological polar surface area (TPSA) is 46.2 Å². The van der Waals surface area contributed by atoms with Crippen LogP contribution in [0.2, 0.25) is 0 Å². The number of nitrogens with two attached hydrogens (primary N) is 1. The second kappa shape index (κ2) is 3.48. The molecule has 0 saturated heterocycles. The quantitative estimate of drug-likeness (QED) is 0.709. The van der Waals surface area contributed by atoms with E-state index in [9.17, 15) is 5.11 Å². The van der Waals surface area contributed by atoms with Crippen molar-refractivity contribution in [1.82, 2.24) is 0 Å². The molecule has 2 rings (SSSR count). The first-order chi connectivity index (χ1) is 6.33.